The van der Waals surface area contributed by atoms with E-state index in [1.807, 2.05) is 30.3 Å². The number of aromatic amines is 1. The van der Waals surface area contributed by atoms with E-state index >= 15 is 0 Å². The van der Waals surface area contributed by atoms with Crippen molar-refractivity contribution < 1.29 is 4.79 Å². The van der Waals surface area contributed by atoms with Crippen molar-refractivity contribution in [2.45, 2.75) is 50.7 Å². The summed E-state index contributed by atoms with van der Waals surface area (Å²) in [6, 6.07) is 25.6. The van der Waals surface area contributed by atoms with Crippen LogP contribution >= 0.6 is 12.4 Å². The summed E-state index contributed by atoms with van der Waals surface area (Å²) in [5.41, 5.74) is 2.94. The fraction of sp³-hybridized carbons (Fsp3) is 0.296. The number of halogens is 1. The highest BCUT2D eigenvalue weighted by Crippen LogP contribution is 2.27. The van der Waals surface area contributed by atoms with Crippen LogP contribution in [-0.4, -0.2) is 23.0 Å². The molecular weight excluding hydrogens is 418 g/mol. The number of rotatable bonds is 5. The topological polar surface area (TPSA) is 56.9 Å². The van der Waals surface area contributed by atoms with Crippen molar-refractivity contribution in [3.63, 3.8) is 0 Å². The molecule has 0 saturated heterocycles. The monoisotopic (exact) mass is 447 g/mol. The Morgan fingerprint density at radius 1 is 0.906 bits per heavy atom. The van der Waals surface area contributed by atoms with Crippen LogP contribution in [0.2, 0.25) is 0 Å². The van der Waals surface area contributed by atoms with Gasteiger partial charge in [-0.2, -0.15) is 0 Å². The van der Waals surface area contributed by atoms with Gasteiger partial charge in [0.15, 0.2) is 0 Å². The van der Waals surface area contributed by atoms with E-state index in [-0.39, 0.29) is 36.4 Å². The summed E-state index contributed by atoms with van der Waals surface area (Å²) in [5.74, 6) is -0.0206. The normalized spacial score (nSPS) is 19.4. The highest BCUT2D eigenvalue weighted by atomic mass is 35.5. The molecule has 1 aromatic heterocycles. The van der Waals surface area contributed by atoms with Crippen LogP contribution in [0.5, 0.6) is 0 Å². The van der Waals surface area contributed by atoms with E-state index in [9.17, 15) is 4.79 Å². The molecule has 4 nitrogen and oxygen atoms in total. The second-order valence-corrected chi connectivity index (χ2v) is 8.70. The second kappa shape index (κ2) is 9.76. The Morgan fingerprint density at radius 3 is 2.41 bits per heavy atom. The summed E-state index contributed by atoms with van der Waals surface area (Å²) in [5, 5.41) is 10.8. The lowest BCUT2D eigenvalue weighted by Crippen LogP contribution is -2.52. The van der Waals surface area contributed by atoms with E-state index in [2.05, 4.69) is 65.0 Å². The third-order valence-electron chi connectivity index (χ3n) is 6.61. The van der Waals surface area contributed by atoms with Crippen molar-refractivity contribution in [3.8, 4) is 0 Å². The molecule has 166 valence electrons. The lowest BCUT2D eigenvalue weighted by molar-refractivity contribution is 0.0908. The zero-order valence-corrected chi connectivity index (χ0v) is 19.1. The van der Waals surface area contributed by atoms with E-state index in [0.717, 1.165) is 30.2 Å². The maximum absolute atomic E-state index is 13.0. The molecule has 1 fully saturated rings. The van der Waals surface area contributed by atoms with Gasteiger partial charge in [0.1, 0.15) is 5.69 Å². The molecule has 4 aromatic rings. The molecule has 1 saturated carbocycles. The van der Waals surface area contributed by atoms with Crippen LogP contribution in [0.15, 0.2) is 72.8 Å². The first-order chi connectivity index (χ1) is 15.2. The van der Waals surface area contributed by atoms with Crippen molar-refractivity contribution in [2.24, 2.45) is 0 Å². The number of hydrogen-bond donors (Lipinski definition) is 3. The minimum absolute atomic E-state index is 0. The Balaban J connectivity index is 0.00000245. The van der Waals surface area contributed by atoms with Crippen molar-refractivity contribution in [2.75, 3.05) is 0 Å². The maximum Gasteiger partial charge on any atom is 0.268 e. The molecule has 1 unspecified atom stereocenters. The molecule has 3 atom stereocenters. The first-order valence-electron chi connectivity index (χ1n) is 11.3. The van der Waals surface area contributed by atoms with Crippen LogP contribution in [0.1, 0.15) is 54.7 Å². The summed E-state index contributed by atoms with van der Waals surface area (Å²) >= 11 is 0. The second-order valence-electron chi connectivity index (χ2n) is 8.70. The van der Waals surface area contributed by atoms with Gasteiger partial charge in [0.05, 0.1) is 0 Å². The quantitative estimate of drug-likeness (QED) is 0.344. The minimum Gasteiger partial charge on any atom is -0.351 e. The third kappa shape index (κ3) is 4.52. The van der Waals surface area contributed by atoms with Gasteiger partial charge in [-0.1, -0.05) is 73.5 Å². The largest absolute Gasteiger partial charge is 0.351 e. The van der Waals surface area contributed by atoms with Crippen LogP contribution in [0, 0.1) is 0 Å². The van der Waals surface area contributed by atoms with Gasteiger partial charge < -0.3 is 15.6 Å². The molecular formula is C27H30ClN3O. The fourth-order valence-corrected chi connectivity index (χ4v) is 4.98. The van der Waals surface area contributed by atoms with Gasteiger partial charge in [-0.05, 0) is 48.2 Å². The number of hydrogen-bond acceptors (Lipinski definition) is 2. The predicted molar refractivity (Wildman–Crippen MR) is 135 cm³/mol. The first-order valence-corrected chi connectivity index (χ1v) is 11.3. The Morgan fingerprint density at radius 2 is 1.59 bits per heavy atom. The van der Waals surface area contributed by atoms with Gasteiger partial charge in [0, 0.05) is 29.0 Å². The Hall–Kier alpha value is -2.82. The number of fused-ring (bicyclic) bond motifs is 2. The Labute approximate surface area is 195 Å². The molecule has 0 spiro atoms. The third-order valence-corrected chi connectivity index (χ3v) is 6.61. The fourth-order valence-electron chi connectivity index (χ4n) is 4.98. The number of amides is 1. The van der Waals surface area contributed by atoms with Crippen LogP contribution in [0.25, 0.3) is 21.7 Å². The molecule has 1 aliphatic carbocycles. The van der Waals surface area contributed by atoms with Crippen molar-refractivity contribution in [1.29, 1.82) is 0 Å². The molecule has 0 radical (unpaired) electrons. The number of benzene rings is 3. The van der Waals surface area contributed by atoms with Gasteiger partial charge in [0.25, 0.3) is 5.91 Å². The number of H-pyrrole nitrogens is 1. The molecule has 1 heterocycles. The highest BCUT2D eigenvalue weighted by molar-refractivity contribution is 5.98. The number of carbonyl (C=O) groups excluding carboxylic acids is 1. The maximum atomic E-state index is 13.0. The molecule has 3 N–H and O–H groups in total. The molecule has 5 rings (SSSR count). The van der Waals surface area contributed by atoms with E-state index in [0.29, 0.717) is 5.69 Å². The molecule has 1 aliphatic rings. The average molecular weight is 448 g/mol. The van der Waals surface area contributed by atoms with E-state index < -0.39 is 0 Å². The molecule has 0 aliphatic heterocycles. The van der Waals surface area contributed by atoms with E-state index in [1.165, 1.54) is 22.8 Å². The van der Waals surface area contributed by atoms with Gasteiger partial charge in [0.2, 0.25) is 0 Å². The predicted octanol–water partition coefficient (Wildman–Crippen LogP) is 6.13. The van der Waals surface area contributed by atoms with Gasteiger partial charge in [-0.15, -0.1) is 12.4 Å². The Bertz CT molecular complexity index is 1180. The van der Waals surface area contributed by atoms with Crippen LogP contribution in [-0.2, 0) is 0 Å². The minimum atomic E-state index is -0.0206. The molecule has 0 bridgehead atoms. The van der Waals surface area contributed by atoms with E-state index in [4.69, 9.17) is 0 Å². The van der Waals surface area contributed by atoms with E-state index in [1.54, 1.807) is 0 Å². The summed E-state index contributed by atoms with van der Waals surface area (Å²) in [6.07, 6.45) is 4.43. The molecule has 3 aromatic carbocycles. The number of nitrogens with one attached hydrogen (secondary N) is 3. The van der Waals surface area contributed by atoms with Crippen molar-refractivity contribution >= 4 is 40.0 Å². The number of carbonyl (C=O) groups is 1. The van der Waals surface area contributed by atoms with Crippen LogP contribution in [0.4, 0.5) is 0 Å². The number of aromatic nitrogens is 1. The summed E-state index contributed by atoms with van der Waals surface area (Å²) in [4.78, 5) is 16.2. The van der Waals surface area contributed by atoms with Crippen molar-refractivity contribution in [1.82, 2.24) is 15.6 Å². The van der Waals surface area contributed by atoms with Gasteiger partial charge >= 0.3 is 0 Å². The zero-order valence-electron chi connectivity index (χ0n) is 18.3. The highest BCUT2D eigenvalue weighted by Gasteiger charge is 2.28. The Kier molecular flexibility index (Phi) is 6.83. The zero-order chi connectivity index (χ0) is 21.2. The standard InChI is InChI=1S/C27H29N3O.ClH/c1-18(21-13-8-11-19-9-2-4-12-22(19)21)28-24-15-6-7-16-25(24)30-27(31)26-17-20-10-3-5-14-23(20)29-26;/h2-5,8-14,17-18,24-25,28-29H,6-7,15-16H2,1H3,(H,30,31);1H/t18?,24-,25-;/m1./s1. The molecule has 5 heteroatoms. The van der Waals surface area contributed by atoms with Crippen LogP contribution in [0.3, 0.4) is 0 Å². The number of para-hydroxylation sites is 1. The van der Waals surface area contributed by atoms with Crippen LogP contribution < -0.4 is 10.6 Å². The molecule has 32 heavy (non-hydrogen) atoms. The first kappa shape index (κ1) is 22.4. The summed E-state index contributed by atoms with van der Waals surface area (Å²) in [7, 11) is 0. The molecule has 1 amide bonds. The van der Waals surface area contributed by atoms with Crippen molar-refractivity contribution in [3.05, 3.63) is 84.1 Å². The SMILES string of the molecule is CC(N[C@@H]1CCCC[C@H]1NC(=O)c1cc2ccccc2[nH]1)c1cccc2ccccc12.Cl. The lowest BCUT2D eigenvalue weighted by Gasteiger charge is -2.35. The summed E-state index contributed by atoms with van der Waals surface area (Å²) in [6.45, 7) is 2.23. The average Bonchev–Trinajstić information content (AvgIpc) is 3.24. The smallest absolute Gasteiger partial charge is 0.268 e. The lowest BCUT2D eigenvalue weighted by atomic mass is 9.88. The van der Waals surface area contributed by atoms with Gasteiger partial charge in [-0.25, -0.2) is 0 Å². The summed E-state index contributed by atoms with van der Waals surface area (Å²) < 4.78 is 0. The van der Waals surface area contributed by atoms with Gasteiger partial charge in [-0.3, -0.25) is 4.79 Å².